The molecule has 1 aliphatic rings. The van der Waals surface area contributed by atoms with Crippen LogP contribution in [-0.2, 0) is 0 Å². The van der Waals surface area contributed by atoms with Gasteiger partial charge in [-0.25, -0.2) is 14.4 Å². The van der Waals surface area contributed by atoms with Crippen LogP contribution in [0, 0.1) is 5.82 Å². The van der Waals surface area contributed by atoms with E-state index in [0.29, 0.717) is 29.4 Å². The Hall–Kier alpha value is -2.41. The molecule has 0 saturated carbocycles. The summed E-state index contributed by atoms with van der Waals surface area (Å²) >= 11 is 6.01. The number of methoxy groups -OCH3 is 1. The largest absolute Gasteiger partial charge is 0.496 e. The summed E-state index contributed by atoms with van der Waals surface area (Å²) in [7, 11) is 1.51. The Morgan fingerprint density at radius 2 is 2.12 bits per heavy atom. The van der Waals surface area contributed by atoms with E-state index in [9.17, 15) is 9.18 Å². The van der Waals surface area contributed by atoms with Gasteiger partial charge in [-0.05, 0) is 31.0 Å². The third kappa shape index (κ3) is 4.17. The van der Waals surface area contributed by atoms with Crippen LogP contribution in [-0.4, -0.2) is 47.1 Å². The van der Waals surface area contributed by atoms with Gasteiger partial charge in [0.2, 0.25) is 0 Å². The summed E-state index contributed by atoms with van der Waals surface area (Å²) in [6, 6.07) is 5.03. The summed E-state index contributed by atoms with van der Waals surface area (Å²) in [5, 5.41) is 0.466. The number of ether oxygens (including phenoxy) is 2. The summed E-state index contributed by atoms with van der Waals surface area (Å²) in [4.78, 5) is 22.1. The first-order valence-electron chi connectivity index (χ1n) is 7.84. The molecule has 6 nitrogen and oxygen atoms in total. The molecule has 1 aromatic heterocycles. The zero-order valence-corrected chi connectivity index (χ0v) is 14.4. The Bertz CT molecular complexity index is 757. The molecule has 0 aliphatic carbocycles. The zero-order chi connectivity index (χ0) is 17.8. The highest BCUT2D eigenvalue weighted by Crippen LogP contribution is 2.26. The first-order chi connectivity index (χ1) is 12.1. The standard InChI is InChI=1S/C17H17ClFN3O3/c1-24-15-5-4-11(18)7-14(15)16(23)22-6-2-3-13(10-22)25-17-20-8-12(19)9-21-17/h4-5,7-9,13H,2-3,6,10H2,1H3. The molecule has 2 aromatic rings. The van der Waals surface area contributed by atoms with Crippen LogP contribution in [0.2, 0.25) is 5.02 Å². The second-order valence-corrected chi connectivity index (χ2v) is 6.10. The molecule has 1 saturated heterocycles. The van der Waals surface area contributed by atoms with Crippen LogP contribution in [0.25, 0.3) is 0 Å². The summed E-state index contributed by atoms with van der Waals surface area (Å²) in [6.07, 6.45) is 3.38. The summed E-state index contributed by atoms with van der Waals surface area (Å²) in [6.45, 7) is 0.994. The normalized spacial score (nSPS) is 17.2. The smallest absolute Gasteiger partial charge is 0.316 e. The van der Waals surface area contributed by atoms with Crippen molar-refractivity contribution in [1.82, 2.24) is 14.9 Å². The molecule has 0 N–H and O–H groups in total. The van der Waals surface area contributed by atoms with Crippen LogP contribution in [0.4, 0.5) is 4.39 Å². The van der Waals surface area contributed by atoms with E-state index >= 15 is 0 Å². The molecule has 1 amide bonds. The van der Waals surface area contributed by atoms with Crippen molar-refractivity contribution >= 4 is 17.5 Å². The highest BCUT2D eigenvalue weighted by molar-refractivity contribution is 6.31. The van der Waals surface area contributed by atoms with Gasteiger partial charge in [0.25, 0.3) is 5.91 Å². The number of hydrogen-bond acceptors (Lipinski definition) is 5. The van der Waals surface area contributed by atoms with Gasteiger partial charge in [-0.15, -0.1) is 0 Å². The number of hydrogen-bond donors (Lipinski definition) is 0. The van der Waals surface area contributed by atoms with E-state index in [1.54, 1.807) is 23.1 Å². The number of halogens is 2. The predicted molar refractivity (Wildman–Crippen MR) is 89.5 cm³/mol. The van der Waals surface area contributed by atoms with E-state index in [1.165, 1.54) is 7.11 Å². The van der Waals surface area contributed by atoms with Gasteiger partial charge in [0.15, 0.2) is 5.82 Å². The highest BCUT2D eigenvalue weighted by Gasteiger charge is 2.28. The quantitative estimate of drug-likeness (QED) is 0.833. The van der Waals surface area contributed by atoms with Gasteiger partial charge in [0.05, 0.1) is 31.6 Å². The molecule has 1 aliphatic heterocycles. The Kier molecular flexibility index (Phi) is 5.33. The monoisotopic (exact) mass is 365 g/mol. The van der Waals surface area contributed by atoms with Crippen LogP contribution < -0.4 is 9.47 Å². The van der Waals surface area contributed by atoms with Crippen molar-refractivity contribution in [2.45, 2.75) is 18.9 Å². The van der Waals surface area contributed by atoms with Crippen LogP contribution in [0.1, 0.15) is 23.2 Å². The van der Waals surface area contributed by atoms with Crippen molar-refractivity contribution in [3.05, 3.63) is 47.0 Å². The summed E-state index contributed by atoms with van der Waals surface area (Å²) in [5.41, 5.74) is 0.411. The van der Waals surface area contributed by atoms with Crippen LogP contribution >= 0.6 is 11.6 Å². The Morgan fingerprint density at radius 1 is 1.36 bits per heavy atom. The molecule has 25 heavy (non-hydrogen) atoms. The zero-order valence-electron chi connectivity index (χ0n) is 13.6. The molecule has 1 atom stereocenters. The van der Waals surface area contributed by atoms with Crippen molar-refractivity contribution in [3.8, 4) is 11.8 Å². The van der Waals surface area contributed by atoms with E-state index in [4.69, 9.17) is 21.1 Å². The number of nitrogens with zero attached hydrogens (tertiary/aromatic N) is 3. The molecule has 1 aromatic carbocycles. The van der Waals surface area contributed by atoms with E-state index < -0.39 is 5.82 Å². The van der Waals surface area contributed by atoms with Crippen LogP contribution in [0.3, 0.4) is 0 Å². The second-order valence-electron chi connectivity index (χ2n) is 5.66. The molecule has 8 heteroatoms. The predicted octanol–water partition coefficient (Wildman–Crippen LogP) is 2.96. The molecule has 2 heterocycles. The van der Waals surface area contributed by atoms with Crippen LogP contribution in [0.5, 0.6) is 11.8 Å². The Morgan fingerprint density at radius 3 is 2.84 bits per heavy atom. The molecule has 0 radical (unpaired) electrons. The minimum atomic E-state index is -0.527. The van der Waals surface area contributed by atoms with Gasteiger partial charge in [0, 0.05) is 11.6 Å². The third-order valence-electron chi connectivity index (χ3n) is 3.93. The number of rotatable bonds is 4. The molecule has 1 fully saturated rings. The Labute approximate surface area is 149 Å². The number of aromatic nitrogens is 2. The van der Waals surface area contributed by atoms with Crippen molar-refractivity contribution in [2.24, 2.45) is 0 Å². The minimum absolute atomic E-state index is 0.0982. The number of carbonyl (C=O) groups excluding carboxylic acids is 1. The van der Waals surface area contributed by atoms with E-state index in [-0.39, 0.29) is 18.0 Å². The average Bonchev–Trinajstić information content (AvgIpc) is 2.63. The van der Waals surface area contributed by atoms with Crippen molar-refractivity contribution < 1.29 is 18.7 Å². The fraction of sp³-hybridized carbons (Fsp3) is 0.353. The maximum Gasteiger partial charge on any atom is 0.316 e. The lowest BCUT2D eigenvalue weighted by Gasteiger charge is -2.32. The SMILES string of the molecule is COc1ccc(Cl)cc1C(=O)N1CCCC(Oc2ncc(F)cn2)C1. The van der Waals surface area contributed by atoms with E-state index in [2.05, 4.69) is 9.97 Å². The first kappa shape index (κ1) is 17.4. The minimum Gasteiger partial charge on any atom is -0.496 e. The molecule has 3 rings (SSSR count). The molecule has 1 unspecified atom stereocenters. The van der Waals surface area contributed by atoms with Gasteiger partial charge >= 0.3 is 6.01 Å². The fourth-order valence-electron chi connectivity index (χ4n) is 2.75. The van der Waals surface area contributed by atoms with Crippen molar-refractivity contribution in [2.75, 3.05) is 20.2 Å². The van der Waals surface area contributed by atoms with Gasteiger partial charge in [-0.1, -0.05) is 11.6 Å². The number of amides is 1. The maximum absolute atomic E-state index is 12.9. The van der Waals surface area contributed by atoms with E-state index in [1.807, 2.05) is 0 Å². The second kappa shape index (κ2) is 7.65. The average molecular weight is 366 g/mol. The Balaban J connectivity index is 1.71. The lowest BCUT2D eigenvalue weighted by molar-refractivity contribution is 0.0512. The lowest BCUT2D eigenvalue weighted by atomic mass is 10.1. The summed E-state index contributed by atoms with van der Waals surface area (Å²) in [5.74, 6) is -0.229. The number of benzene rings is 1. The van der Waals surface area contributed by atoms with Gasteiger partial charge in [-0.3, -0.25) is 4.79 Å². The number of carbonyl (C=O) groups is 1. The third-order valence-corrected chi connectivity index (χ3v) is 4.16. The van der Waals surface area contributed by atoms with Crippen molar-refractivity contribution in [1.29, 1.82) is 0 Å². The molecule has 0 spiro atoms. The highest BCUT2D eigenvalue weighted by atomic mass is 35.5. The number of likely N-dealkylation sites (tertiary alicyclic amines) is 1. The molecular formula is C17H17ClFN3O3. The van der Waals surface area contributed by atoms with E-state index in [0.717, 1.165) is 25.2 Å². The first-order valence-corrected chi connectivity index (χ1v) is 8.21. The van der Waals surface area contributed by atoms with Crippen LogP contribution in [0.15, 0.2) is 30.6 Å². The lowest BCUT2D eigenvalue weighted by Crippen LogP contribution is -2.44. The van der Waals surface area contributed by atoms with Crippen molar-refractivity contribution in [3.63, 3.8) is 0 Å². The molecule has 132 valence electrons. The molecule has 0 bridgehead atoms. The van der Waals surface area contributed by atoms with Gasteiger partial charge in [-0.2, -0.15) is 0 Å². The van der Waals surface area contributed by atoms with Gasteiger partial charge in [0.1, 0.15) is 11.9 Å². The molecular weight excluding hydrogens is 349 g/mol. The topological polar surface area (TPSA) is 64.5 Å². The van der Waals surface area contributed by atoms with Gasteiger partial charge < -0.3 is 14.4 Å². The number of piperidine rings is 1. The maximum atomic E-state index is 12.9. The summed E-state index contributed by atoms with van der Waals surface area (Å²) < 4.78 is 23.8. The fourth-order valence-corrected chi connectivity index (χ4v) is 2.92.